The number of nitrogens with zero attached hydrogens (tertiary/aromatic N) is 2. The monoisotopic (exact) mass is 390 g/mol. The highest BCUT2D eigenvalue weighted by molar-refractivity contribution is 5.79. The molecule has 1 aromatic rings. The van der Waals surface area contributed by atoms with Crippen LogP contribution in [-0.2, 0) is 11.3 Å². The third-order valence-corrected chi connectivity index (χ3v) is 5.22. The number of aliphatic imine (C=N–C) groups is 1. The Kier molecular flexibility index (Phi) is 10.8. The first-order valence-corrected chi connectivity index (χ1v) is 10.6. The summed E-state index contributed by atoms with van der Waals surface area (Å²) in [5, 5.41) is 6.96. The molecule has 1 aliphatic heterocycles. The number of nitrogens with one attached hydrogen (secondary N) is 2. The van der Waals surface area contributed by atoms with Gasteiger partial charge in [0.05, 0.1) is 13.7 Å². The van der Waals surface area contributed by atoms with Gasteiger partial charge in [0.2, 0.25) is 0 Å². The number of methoxy groups -OCH3 is 1. The second-order valence-electron chi connectivity index (χ2n) is 7.45. The molecule has 1 heterocycles. The molecule has 1 fully saturated rings. The van der Waals surface area contributed by atoms with E-state index in [1.54, 1.807) is 7.11 Å². The van der Waals surface area contributed by atoms with Crippen molar-refractivity contribution < 1.29 is 9.47 Å². The number of rotatable bonds is 11. The van der Waals surface area contributed by atoms with Gasteiger partial charge in [-0.3, -0.25) is 0 Å². The van der Waals surface area contributed by atoms with E-state index in [4.69, 9.17) is 14.5 Å². The molecule has 2 N–H and O–H groups in total. The van der Waals surface area contributed by atoms with Crippen molar-refractivity contribution in [3.8, 4) is 5.75 Å². The summed E-state index contributed by atoms with van der Waals surface area (Å²) in [7, 11) is 3.90. The SMILES string of the molecule is CCOCCCNC(=NCc1ccc(OC)cc1)NCCC1CCN(C)CC1. The summed E-state index contributed by atoms with van der Waals surface area (Å²) >= 11 is 0. The lowest BCUT2D eigenvalue weighted by molar-refractivity contribution is 0.145. The molecule has 0 saturated carbocycles. The highest BCUT2D eigenvalue weighted by Crippen LogP contribution is 2.18. The van der Waals surface area contributed by atoms with Crippen molar-refractivity contribution in [3.05, 3.63) is 29.8 Å². The van der Waals surface area contributed by atoms with E-state index in [1.165, 1.54) is 37.9 Å². The van der Waals surface area contributed by atoms with E-state index >= 15 is 0 Å². The Morgan fingerprint density at radius 1 is 1.14 bits per heavy atom. The highest BCUT2D eigenvalue weighted by Gasteiger charge is 2.16. The number of guanidine groups is 1. The van der Waals surface area contributed by atoms with Crippen molar-refractivity contribution in [2.75, 3.05) is 53.6 Å². The highest BCUT2D eigenvalue weighted by atomic mass is 16.5. The van der Waals surface area contributed by atoms with Gasteiger partial charge in [0.15, 0.2) is 5.96 Å². The van der Waals surface area contributed by atoms with E-state index in [0.717, 1.165) is 50.4 Å². The predicted molar refractivity (Wildman–Crippen MR) is 116 cm³/mol. The van der Waals surface area contributed by atoms with Crippen LogP contribution in [0, 0.1) is 5.92 Å². The molecular formula is C22H38N4O2. The lowest BCUT2D eigenvalue weighted by Gasteiger charge is -2.29. The van der Waals surface area contributed by atoms with Crippen LogP contribution in [0.4, 0.5) is 0 Å². The van der Waals surface area contributed by atoms with Gasteiger partial charge in [0, 0.05) is 26.3 Å². The molecule has 6 heteroatoms. The van der Waals surface area contributed by atoms with Gasteiger partial charge in [0.25, 0.3) is 0 Å². The number of hydrogen-bond acceptors (Lipinski definition) is 4. The second-order valence-corrected chi connectivity index (χ2v) is 7.45. The molecule has 1 saturated heterocycles. The molecule has 28 heavy (non-hydrogen) atoms. The zero-order chi connectivity index (χ0) is 20.0. The molecule has 1 aliphatic rings. The summed E-state index contributed by atoms with van der Waals surface area (Å²) < 4.78 is 10.6. The maximum absolute atomic E-state index is 5.42. The Balaban J connectivity index is 1.80. The zero-order valence-corrected chi connectivity index (χ0v) is 17.9. The minimum Gasteiger partial charge on any atom is -0.497 e. The van der Waals surface area contributed by atoms with Crippen LogP contribution in [0.2, 0.25) is 0 Å². The van der Waals surface area contributed by atoms with Crippen LogP contribution in [-0.4, -0.2) is 64.4 Å². The lowest BCUT2D eigenvalue weighted by Crippen LogP contribution is -2.40. The third kappa shape index (κ3) is 8.93. The molecule has 0 amide bonds. The van der Waals surface area contributed by atoms with Crippen LogP contribution in [0.5, 0.6) is 5.75 Å². The van der Waals surface area contributed by atoms with E-state index < -0.39 is 0 Å². The summed E-state index contributed by atoms with van der Waals surface area (Å²) in [6.07, 6.45) is 4.79. The summed E-state index contributed by atoms with van der Waals surface area (Å²) in [4.78, 5) is 7.19. The zero-order valence-electron chi connectivity index (χ0n) is 17.9. The van der Waals surface area contributed by atoms with Crippen molar-refractivity contribution >= 4 is 5.96 Å². The first-order valence-electron chi connectivity index (χ1n) is 10.6. The molecule has 0 aromatic heterocycles. The Bertz CT molecular complexity index is 554. The van der Waals surface area contributed by atoms with Crippen LogP contribution >= 0.6 is 0 Å². The Labute approximate surface area is 170 Å². The smallest absolute Gasteiger partial charge is 0.191 e. The fourth-order valence-corrected chi connectivity index (χ4v) is 3.35. The summed E-state index contributed by atoms with van der Waals surface area (Å²) in [5.41, 5.74) is 1.17. The molecule has 2 rings (SSSR count). The van der Waals surface area contributed by atoms with Crippen LogP contribution < -0.4 is 15.4 Å². The number of hydrogen-bond donors (Lipinski definition) is 2. The molecule has 1 aromatic carbocycles. The van der Waals surface area contributed by atoms with E-state index in [0.29, 0.717) is 6.54 Å². The molecule has 0 atom stereocenters. The summed E-state index contributed by atoms with van der Waals surface area (Å²) in [6.45, 7) is 8.51. The van der Waals surface area contributed by atoms with Crippen LogP contribution in [0.25, 0.3) is 0 Å². The van der Waals surface area contributed by atoms with E-state index in [1.807, 2.05) is 19.1 Å². The van der Waals surface area contributed by atoms with Crippen LogP contribution in [0.15, 0.2) is 29.3 Å². The molecule has 158 valence electrons. The Morgan fingerprint density at radius 3 is 2.54 bits per heavy atom. The van der Waals surface area contributed by atoms with Crippen molar-refractivity contribution in [2.45, 2.75) is 39.2 Å². The predicted octanol–water partition coefficient (Wildman–Crippen LogP) is 2.89. The molecule has 0 aliphatic carbocycles. The summed E-state index contributed by atoms with van der Waals surface area (Å²) in [6, 6.07) is 8.09. The second kappa shape index (κ2) is 13.4. The van der Waals surface area contributed by atoms with Crippen molar-refractivity contribution in [3.63, 3.8) is 0 Å². The standard InChI is InChI=1S/C22H38N4O2/c1-4-28-17-5-13-23-22(24-14-10-19-11-15-26(2)16-12-19)25-18-20-6-8-21(27-3)9-7-20/h6-9,19H,4-5,10-18H2,1-3H3,(H2,23,24,25). The third-order valence-electron chi connectivity index (χ3n) is 5.22. The molecule has 0 spiro atoms. The average Bonchev–Trinajstić information content (AvgIpc) is 2.73. The van der Waals surface area contributed by atoms with Crippen LogP contribution in [0.1, 0.15) is 38.2 Å². The van der Waals surface area contributed by atoms with Gasteiger partial charge in [-0.2, -0.15) is 0 Å². The maximum Gasteiger partial charge on any atom is 0.191 e. The largest absolute Gasteiger partial charge is 0.497 e. The number of likely N-dealkylation sites (tertiary alicyclic amines) is 1. The number of ether oxygens (including phenoxy) is 2. The Hall–Kier alpha value is -1.79. The molecule has 0 unspecified atom stereocenters. The van der Waals surface area contributed by atoms with Gasteiger partial charge in [-0.15, -0.1) is 0 Å². The normalized spacial score (nSPS) is 16.2. The van der Waals surface area contributed by atoms with E-state index in [2.05, 4.69) is 34.7 Å². The first kappa shape index (κ1) is 22.5. The topological polar surface area (TPSA) is 58.1 Å². The van der Waals surface area contributed by atoms with Gasteiger partial charge >= 0.3 is 0 Å². The quantitative estimate of drug-likeness (QED) is 0.346. The average molecular weight is 391 g/mol. The number of benzene rings is 1. The molecule has 0 bridgehead atoms. The van der Waals surface area contributed by atoms with Crippen molar-refractivity contribution in [1.82, 2.24) is 15.5 Å². The fraction of sp³-hybridized carbons (Fsp3) is 0.682. The first-order chi connectivity index (χ1) is 13.7. The van der Waals surface area contributed by atoms with E-state index in [9.17, 15) is 0 Å². The molecule has 0 radical (unpaired) electrons. The lowest BCUT2D eigenvalue weighted by atomic mass is 9.94. The Morgan fingerprint density at radius 2 is 1.86 bits per heavy atom. The van der Waals surface area contributed by atoms with Crippen molar-refractivity contribution in [1.29, 1.82) is 0 Å². The maximum atomic E-state index is 5.42. The van der Waals surface area contributed by atoms with Crippen LogP contribution in [0.3, 0.4) is 0 Å². The summed E-state index contributed by atoms with van der Waals surface area (Å²) in [5.74, 6) is 2.59. The van der Waals surface area contributed by atoms with Gasteiger partial charge < -0.3 is 25.0 Å². The van der Waals surface area contributed by atoms with Gasteiger partial charge in [-0.05, 0) is 76.4 Å². The minimum absolute atomic E-state index is 0.652. The van der Waals surface area contributed by atoms with Gasteiger partial charge in [-0.1, -0.05) is 12.1 Å². The van der Waals surface area contributed by atoms with Gasteiger partial charge in [-0.25, -0.2) is 4.99 Å². The fourth-order valence-electron chi connectivity index (χ4n) is 3.35. The van der Waals surface area contributed by atoms with E-state index in [-0.39, 0.29) is 0 Å². The van der Waals surface area contributed by atoms with Crippen molar-refractivity contribution in [2.24, 2.45) is 10.9 Å². The number of piperidine rings is 1. The minimum atomic E-state index is 0.652. The molecule has 6 nitrogen and oxygen atoms in total. The van der Waals surface area contributed by atoms with Gasteiger partial charge in [0.1, 0.15) is 5.75 Å². The molecular weight excluding hydrogens is 352 g/mol.